The highest BCUT2D eigenvalue weighted by Crippen LogP contribution is 2.32. The second-order valence-corrected chi connectivity index (χ2v) is 10.7. The van der Waals surface area contributed by atoms with Crippen molar-refractivity contribution in [2.75, 3.05) is 11.9 Å². The number of rotatable bonds is 7. The van der Waals surface area contributed by atoms with E-state index >= 15 is 0 Å². The lowest BCUT2D eigenvalue weighted by molar-refractivity contribution is -0.118. The van der Waals surface area contributed by atoms with Crippen LogP contribution in [-0.4, -0.2) is 28.4 Å². The van der Waals surface area contributed by atoms with Gasteiger partial charge in [0.2, 0.25) is 0 Å². The van der Waals surface area contributed by atoms with Crippen molar-refractivity contribution >= 4 is 51.3 Å². The van der Waals surface area contributed by atoms with Crippen LogP contribution in [0.3, 0.4) is 0 Å². The first-order valence-corrected chi connectivity index (χ1v) is 13.9. The number of aryl methyl sites for hydroxylation is 1. The molecule has 1 aliphatic carbocycles. The van der Waals surface area contributed by atoms with Crippen LogP contribution in [0.5, 0.6) is 5.75 Å². The summed E-state index contributed by atoms with van der Waals surface area (Å²) >= 11 is 2.18. The average molecular weight is 620 g/mol. The monoisotopic (exact) mass is 620 g/mol. The maximum atomic E-state index is 13.4. The number of anilines is 1. The van der Waals surface area contributed by atoms with E-state index < -0.39 is 0 Å². The molecule has 5 rings (SSSR count). The second kappa shape index (κ2) is 11.9. The fourth-order valence-electron chi connectivity index (χ4n) is 4.76. The molecule has 4 aromatic rings. The molecular weight excluding hydrogens is 591 g/mol. The molecule has 1 aromatic heterocycles. The molecule has 0 unspecified atom stereocenters. The summed E-state index contributed by atoms with van der Waals surface area (Å²) in [6, 6.07) is 20.6. The number of amides is 1. The number of aromatic nitrogens is 2. The zero-order valence-electron chi connectivity index (χ0n) is 21.2. The minimum Gasteiger partial charge on any atom is -0.483 e. The Bertz CT molecular complexity index is 1560. The Morgan fingerprint density at radius 3 is 2.66 bits per heavy atom. The van der Waals surface area contributed by atoms with E-state index in [0.29, 0.717) is 16.7 Å². The minimum atomic E-state index is -0.223. The molecule has 8 heteroatoms. The number of hydrogen-bond acceptors (Lipinski definition) is 5. The van der Waals surface area contributed by atoms with Crippen LogP contribution in [0.4, 0.5) is 5.69 Å². The summed E-state index contributed by atoms with van der Waals surface area (Å²) in [4.78, 5) is 30.6. The predicted octanol–water partition coefficient (Wildman–Crippen LogP) is 6.26. The maximum Gasteiger partial charge on any atom is 0.282 e. The molecule has 38 heavy (non-hydrogen) atoms. The Hall–Kier alpha value is -3.53. The van der Waals surface area contributed by atoms with Gasteiger partial charge in [-0.2, -0.15) is 9.78 Å². The van der Waals surface area contributed by atoms with Gasteiger partial charge in [-0.05, 0) is 89.9 Å². The van der Waals surface area contributed by atoms with E-state index in [1.807, 2.05) is 67.6 Å². The van der Waals surface area contributed by atoms with Gasteiger partial charge in [0, 0.05) is 11.6 Å². The van der Waals surface area contributed by atoms with Gasteiger partial charge >= 0.3 is 0 Å². The summed E-state index contributed by atoms with van der Waals surface area (Å²) in [5.41, 5.74) is 3.15. The topological polar surface area (TPSA) is 85.6 Å². The average Bonchev–Trinajstić information content (AvgIpc) is 2.94. The molecule has 1 amide bonds. The number of carbonyl (C=O) groups is 1. The van der Waals surface area contributed by atoms with Gasteiger partial charge in [0.25, 0.3) is 11.5 Å². The van der Waals surface area contributed by atoms with Crippen LogP contribution in [0.15, 0.2) is 76.6 Å². The van der Waals surface area contributed by atoms with Gasteiger partial charge in [0.1, 0.15) is 11.6 Å². The Morgan fingerprint density at radius 1 is 1.11 bits per heavy atom. The molecule has 0 aliphatic heterocycles. The largest absolute Gasteiger partial charge is 0.483 e. The van der Waals surface area contributed by atoms with Gasteiger partial charge in [0.05, 0.1) is 20.7 Å². The third kappa shape index (κ3) is 5.96. The Balaban J connectivity index is 1.34. The standard InChI is InChI=1S/C30H29IN4O3/c1-20-9-5-7-13-25(20)33-28(36)19-38-27-16-15-21(17-24(27)31)18-32-35-29(22-10-3-2-4-11-22)34-26-14-8-6-12-23(26)30(35)37/h5-9,12-18,22H,2-4,10-11,19H2,1H3,(H,33,36). The highest BCUT2D eigenvalue weighted by atomic mass is 127. The summed E-state index contributed by atoms with van der Waals surface area (Å²) in [5.74, 6) is 1.34. The second-order valence-electron chi connectivity index (χ2n) is 9.53. The lowest BCUT2D eigenvalue weighted by atomic mass is 9.88. The summed E-state index contributed by atoms with van der Waals surface area (Å²) in [7, 11) is 0. The third-order valence-corrected chi connectivity index (χ3v) is 7.65. The van der Waals surface area contributed by atoms with Gasteiger partial charge in [-0.1, -0.05) is 49.6 Å². The summed E-state index contributed by atoms with van der Waals surface area (Å²) in [6.45, 7) is 1.85. The van der Waals surface area contributed by atoms with Crippen LogP contribution in [0.2, 0.25) is 0 Å². The SMILES string of the molecule is Cc1ccccc1NC(=O)COc1ccc(C=Nn2c(C3CCCCC3)nc3ccccc3c2=O)cc1I. The molecule has 0 saturated heterocycles. The molecule has 0 spiro atoms. The van der Waals surface area contributed by atoms with E-state index in [0.717, 1.165) is 51.9 Å². The lowest BCUT2D eigenvalue weighted by Gasteiger charge is -2.22. The summed E-state index contributed by atoms with van der Waals surface area (Å²) in [5, 5.41) is 8.05. The van der Waals surface area contributed by atoms with Gasteiger partial charge in [-0.25, -0.2) is 4.98 Å². The van der Waals surface area contributed by atoms with Crippen LogP contribution < -0.4 is 15.6 Å². The Kier molecular flexibility index (Phi) is 8.17. The van der Waals surface area contributed by atoms with Crippen LogP contribution >= 0.6 is 22.6 Å². The number of hydrogen-bond donors (Lipinski definition) is 1. The molecule has 1 aliphatic rings. The molecular formula is C30H29IN4O3. The Morgan fingerprint density at radius 2 is 1.87 bits per heavy atom. The maximum absolute atomic E-state index is 13.4. The number of nitrogens with zero attached hydrogens (tertiary/aromatic N) is 3. The third-order valence-electron chi connectivity index (χ3n) is 6.81. The van der Waals surface area contributed by atoms with Gasteiger partial charge in [0.15, 0.2) is 6.61 Å². The molecule has 7 nitrogen and oxygen atoms in total. The first-order chi connectivity index (χ1) is 18.5. The fourth-order valence-corrected chi connectivity index (χ4v) is 5.45. The smallest absolute Gasteiger partial charge is 0.282 e. The molecule has 0 radical (unpaired) electrons. The number of ether oxygens (including phenoxy) is 1. The molecule has 0 atom stereocenters. The molecule has 194 valence electrons. The fraction of sp³-hybridized carbons (Fsp3) is 0.267. The van der Waals surface area contributed by atoms with Crippen LogP contribution in [0, 0.1) is 10.5 Å². The van der Waals surface area contributed by atoms with Crippen molar-refractivity contribution in [3.8, 4) is 5.75 Å². The molecule has 0 bridgehead atoms. The van der Waals surface area contributed by atoms with E-state index in [-0.39, 0.29) is 24.0 Å². The highest BCUT2D eigenvalue weighted by molar-refractivity contribution is 14.1. The van der Waals surface area contributed by atoms with Crippen molar-refractivity contribution in [3.05, 3.63) is 97.6 Å². The van der Waals surface area contributed by atoms with E-state index in [1.54, 1.807) is 12.3 Å². The predicted molar refractivity (Wildman–Crippen MR) is 159 cm³/mol. The van der Waals surface area contributed by atoms with Crippen LogP contribution in [0.25, 0.3) is 10.9 Å². The minimum absolute atomic E-state index is 0.0966. The first kappa shape index (κ1) is 26.1. The summed E-state index contributed by atoms with van der Waals surface area (Å²) < 4.78 is 8.08. The van der Waals surface area contributed by atoms with Crippen LogP contribution in [0.1, 0.15) is 55.0 Å². The van der Waals surface area contributed by atoms with Crippen molar-refractivity contribution in [2.45, 2.75) is 44.9 Å². The van der Waals surface area contributed by atoms with Crippen LogP contribution in [-0.2, 0) is 4.79 Å². The van der Waals surface area contributed by atoms with Crippen molar-refractivity contribution < 1.29 is 9.53 Å². The zero-order valence-corrected chi connectivity index (χ0v) is 23.4. The highest BCUT2D eigenvalue weighted by Gasteiger charge is 2.22. The quantitative estimate of drug-likeness (QED) is 0.195. The Labute approximate surface area is 235 Å². The van der Waals surface area contributed by atoms with Gasteiger partial charge in [-0.3, -0.25) is 9.59 Å². The van der Waals surface area contributed by atoms with Crippen molar-refractivity contribution in [3.63, 3.8) is 0 Å². The van der Waals surface area contributed by atoms with E-state index in [4.69, 9.17) is 9.72 Å². The number of fused-ring (bicyclic) bond motifs is 1. The molecule has 1 saturated carbocycles. The number of halogens is 1. The van der Waals surface area contributed by atoms with E-state index in [2.05, 4.69) is 33.0 Å². The van der Waals surface area contributed by atoms with Gasteiger partial charge in [-0.15, -0.1) is 0 Å². The van der Waals surface area contributed by atoms with Crippen molar-refractivity contribution in [2.24, 2.45) is 5.10 Å². The molecule has 1 fully saturated rings. The zero-order chi connectivity index (χ0) is 26.5. The lowest BCUT2D eigenvalue weighted by Crippen LogP contribution is -2.25. The van der Waals surface area contributed by atoms with Crippen molar-refractivity contribution in [1.82, 2.24) is 9.66 Å². The van der Waals surface area contributed by atoms with E-state index in [1.165, 1.54) is 11.1 Å². The number of carbonyl (C=O) groups excluding carboxylic acids is 1. The molecule has 1 heterocycles. The van der Waals surface area contributed by atoms with Crippen molar-refractivity contribution in [1.29, 1.82) is 0 Å². The number of nitrogens with one attached hydrogen (secondary N) is 1. The van der Waals surface area contributed by atoms with Gasteiger partial charge < -0.3 is 10.1 Å². The summed E-state index contributed by atoms with van der Waals surface area (Å²) in [6.07, 6.45) is 7.21. The van der Waals surface area contributed by atoms with E-state index in [9.17, 15) is 9.59 Å². The first-order valence-electron chi connectivity index (χ1n) is 12.8. The normalized spacial score (nSPS) is 14.2. The molecule has 1 N–H and O–H groups in total. The number of para-hydroxylation sites is 2. The molecule has 3 aromatic carbocycles. The number of benzene rings is 3.